The van der Waals surface area contributed by atoms with Crippen molar-refractivity contribution in [1.29, 1.82) is 0 Å². The molecule has 0 fully saturated rings. The first-order valence-electron chi connectivity index (χ1n) is 4.71. The standard InChI is InChI=1S/C10H11BrN4S/c1-6-13-4-8(16-6)5-15-10-9(12)2-7(11)3-14-10/h2-4H,5,12H2,1H3,(H,14,15). The zero-order valence-electron chi connectivity index (χ0n) is 8.70. The first kappa shape index (κ1) is 11.3. The molecular formula is C10H11BrN4S. The van der Waals surface area contributed by atoms with E-state index < -0.39 is 0 Å². The van der Waals surface area contributed by atoms with Crippen LogP contribution in [0.25, 0.3) is 0 Å². The minimum atomic E-state index is 0.635. The number of thiazole rings is 1. The summed E-state index contributed by atoms with van der Waals surface area (Å²) in [5, 5.41) is 4.25. The molecule has 0 spiro atoms. The third kappa shape index (κ3) is 2.70. The zero-order valence-corrected chi connectivity index (χ0v) is 11.1. The Balaban J connectivity index is 2.04. The molecule has 0 atom stereocenters. The predicted molar refractivity (Wildman–Crippen MR) is 70.5 cm³/mol. The maximum atomic E-state index is 5.82. The number of hydrogen-bond donors (Lipinski definition) is 2. The molecule has 0 bridgehead atoms. The van der Waals surface area contributed by atoms with E-state index in [0.29, 0.717) is 18.1 Å². The fourth-order valence-electron chi connectivity index (χ4n) is 1.26. The van der Waals surface area contributed by atoms with E-state index in [4.69, 9.17) is 5.73 Å². The highest BCUT2D eigenvalue weighted by Gasteiger charge is 2.02. The average molecular weight is 299 g/mol. The van der Waals surface area contributed by atoms with Gasteiger partial charge in [-0.3, -0.25) is 0 Å². The van der Waals surface area contributed by atoms with Crippen molar-refractivity contribution in [3.05, 3.63) is 32.8 Å². The predicted octanol–water partition coefficient (Wildman–Crippen LogP) is 2.80. The number of aryl methyl sites for hydroxylation is 1. The first-order chi connectivity index (χ1) is 7.65. The van der Waals surface area contributed by atoms with Crippen LogP contribution >= 0.6 is 27.3 Å². The van der Waals surface area contributed by atoms with Crippen molar-refractivity contribution < 1.29 is 0 Å². The summed E-state index contributed by atoms with van der Waals surface area (Å²) in [6.45, 7) is 2.69. The highest BCUT2D eigenvalue weighted by Crippen LogP contribution is 2.21. The summed E-state index contributed by atoms with van der Waals surface area (Å²) < 4.78 is 0.879. The topological polar surface area (TPSA) is 63.8 Å². The summed E-state index contributed by atoms with van der Waals surface area (Å²) in [6.07, 6.45) is 3.58. The van der Waals surface area contributed by atoms with Crippen molar-refractivity contribution >= 4 is 38.8 Å². The van der Waals surface area contributed by atoms with E-state index in [0.717, 1.165) is 9.48 Å². The molecule has 2 rings (SSSR count). The Morgan fingerprint density at radius 3 is 2.88 bits per heavy atom. The fraction of sp³-hybridized carbons (Fsp3) is 0.200. The minimum absolute atomic E-state index is 0.635. The van der Waals surface area contributed by atoms with Crippen LogP contribution in [-0.2, 0) is 6.54 Å². The quantitative estimate of drug-likeness (QED) is 0.914. The van der Waals surface area contributed by atoms with E-state index >= 15 is 0 Å². The van der Waals surface area contributed by atoms with Gasteiger partial charge in [-0.05, 0) is 28.9 Å². The maximum Gasteiger partial charge on any atom is 0.149 e. The summed E-state index contributed by atoms with van der Waals surface area (Å²) >= 11 is 4.98. The number of hydrogen-bond acceptors (Lipinski definition) is 5. The van der Waals surface area contributed by atoms with Crippen LogP contribution in [0.5, 0.6) is 0 Å². The second-order valence-corrected chi connectivity index (χ2v) is 5.53. The average Bonchev–Trinajstić information content (AvgIpc) is 2.63. The Morgan fingerprint density at radius 1 is 1.44 bits per heavy atom. The van der Waals surface area contributed by atoms with Crippen LogP contribution in [0, 0.1) is 6.92 Å². The van der Waals surface area contributed by atoms with Crippen molar-refractivity contribution in [2.45, 2.75) is 13.5 Å². The number of anilines is 2. The molecule has 0 aliphatic carbocycles. The Labute approximate surface area is 106 Å². The van der Waals surface area contributed by atoms with E-state index in [1.165, 1.54) is 4.88 Å². The van der Waals surface area contributed by atoms with Gasteiger partial charge in [0.2, 0.25) is 0 Å². The normalized spacial score (nSPS) is 10.4. The van der Waals surface area contributed by atoms with Crippen molar-refractivity contribution in [3.63, 3.8) is 0 Å². The molecule has 0 unspecified atom stereocenters. The fourth-order valence-corrected chi connectivity index (χ4v) is 2.34. The Hall–Kier alpha value is -1.14. The molecule has 2 aromatic heterocycles. The summed E-state index contributed by atoms with van der Waals surface area (Å²) in [5.74, 6) is 0.703. The number of aromatic nitrogens is 2. The van der Waals surface area contributed by atoms with Gasteiger partial charge in [0.15, 0.2) is 0 Å². The monoisotopic (exact) mass is 298 g/mol. The van der Waals surface area contributed by atoms with Gasteiger partial charge in [-0.15, -0.1) is 11.3 Å². The lowest BCUT2D eigenvalue weighted by atomic mass is 10.4. The number of nitrogens with zero attached hydrogens (tertiary/aromatic N) is 2. The lowest BCUT2D eigenvalue weighted by Gasteiger charge is -2.06. The van der Waals surface area contributed by atoms with Gasteiger partial charge in [0, 0.05) is 21.7 Å². The third-order valence-electron chi connectivity index (χ3n) is 1.98. The second kappa shape index (κ2) is 4.80. The van der Waals surface area contributed by atoms with Gasteiger partial charge in [0.05, 0.1) is 17.2 Å². The molecule has 0 saturated heterocycles. The van der Waals surface area contributed by atoms with Crippen LogP contribution in [0.3, 0.4) is 0 Å². The smallest absolute Gasteiger partial charge is 0.149 e. The highest BCUT2D eigenvalue weighted by molar-refractivity contribution is 9.10. The molecule has 3 N–H and O–H groups in total. The van der Waals surface area contributed by atoms with E-state index in [1.54, 1.807) is 17.5 Å². The summed E-state index contributed by atoms with van der Waals surface area (Å²) in [7, 11) is 0. The van der Waals surface area contributed by atoms with Gasteiger partial charge in [-0.2, -0.15) is 0 Å². The Morgan fingerprint density at radius 2 is 2.25 bits per heavy atom. The van der Waals surface area contributed by atoms with Crippen LogP contribution < -0.4 is 11.1 Å². The van der Waals surface area contributed by atoms with Crippen LogP contribution in [0.4, 0.5) is 11.5 Å². The highest BCUT2D eigenvalue weighted by atomic mass is 79.9. The lowest BCUT2D eigenvalue weighted by Crippen LogP contribution is -2.03. The number of nitrogens with two attached hydrogens (primary N) is 1. The van der Waals surface area contributed by atoms with E-state index in [-0.39, 0.29) is 0 Å². The Bertz CT molecular complexity index is 497. The molecule has 16 heavy (non-hydrogen) atoms. The molecule has 0 amide bonds. The lowest BCUT2D eigenvalue weighted by molar-refractivity contribution is 1.13. The molecule has 4 nitrogen and oxygen atoms in total. The molecule has 0 saturated carbocycles. The van der Waals surface area contributed by atoms with Crippen LogP contribution in [-0.4, -0.2) is 9.97 Å². The van der Waals surface area contributed by atoms with Gasteiger partial charge in [0.1, 0.15) is 5.82 Å². The summed E-state index contributed by atoms with van der Waals surface area (Å²) in [5.41, 5.74) is 6.46. The number of rotatable bonds is 3. The number of nitrogens with one attached hydrogen (secondary N) is 1. The van der Waals surface area contributed by atoms with E-state index in [1.807, 2.05) is 19.2 Å². The van der Waals surface area contributed by atoms with Crippen LogP contribution in [0.1, 0.15) is 9.88 Å². The van der Waals surface area contributed by atoms with E-state index in [2.05, 4.69) is 31.2 Å². The minimum Gasteiger partial charge on any atom is -0.396 e. The summed E-state index contributed by atoms with van der Waals surface area (Å²) in [4.78, 5) is 9.55. The number of halogens is 1. The van der Waals surface area contributed by atoms with Gasteiger partial charge in [-0.25, -0.2) is 9.97 Å². The second-order valence-electron chi connectivity index (χ2n) is 3.29. The summed E-state index contributed by atoms with van der Waals surface area (Å²) in [6, 6.07) is 1.83. The van der Waals surface area contributed by atoms with Gasteiger partial charge in [0.25, 0.3) is 0 Å². The molecule has 0 radical (unpaired) electrons. The van der Waals surface area contributed by atoms with Crippen LogP contribution in [0.2, 0.25) is 0 Å². The van der Waals surface area contributed by atoms with Crippen molar-refractivity contribution in [2.24, 2.45) is 0 Å². The van der Waals surface area contributed by atoms with Gasteiger partial charge in [-0.1, -0.05) is 0 Å². The molecular weight excluding hydrogens is 288 g/mol. The maximum absolute atomic E-state index is 5.82. The largest absolute Gasteiger partial charge is 0.396 e. The van der Waals surface area contributed by atoms with Crippen molar-refractivity contribution in [2.75, 3.05) is 11.1 Å². The van der Waals surface area contributed by atoms with Gasteiger partial charge >= 0.3 is 0 Å². The zero-order chi connectivity index (χ0) is 11.5. The Kier molecular flexibility index (Phi) is 3.40. The molecule has 0 aromatic carbocycles. The molecule has 0 aliphatic heterocycles. The third-order valence-corrected chi connectivity index (χ3v) is 3.33. The number of nitrogen functional groups attached to an aromatic ring is 1. The SMILES string of the molecule is Cc1ncc(CNc2ncc(Br)cc2N)s1. The molecule has 84 valence electrons. The van der Waals surface area contributed by atoms with Crippen molar-refractivity contribution in [3.8, 4) is 0 Å². The van der Waals surface area contributed by atoms with Gasteiger partial charge < -0.3 is 11.1 Å². The van der Waals surface area contributed by atoms with E-state index in [9.17, 15) is 0 Å². The molecule has 2 aromatic rings. The first-order valence-corrected chi connectivity index (χ1v) is 6.32. The molecule has 0 aliphatic rings. The molecule has 6 heteroatoms. The van der Waals surface area contributed by atoms with Crippen molar-refractivity contribution in [1.82, 2.24) is 9.97 Å². The number of pyridine rings is 1. The van der Waals surface area contributed by atoms with Crippen LogP contribution in [0.15, 0.2) is 22.9 Å². The molecule has 2 heterocycles.